The van der Waals surface area contributed by atoms with Crippen molar-refractivity contribution in [3.8, 4) is 0 Å². The van der Waals surface area contributed by atoms with Crippen molar-refractivity contribution in [3.05, 3.63) is 34.6 Å². The quantitative estimate of drug-likeness (QED) is 0.865. The minimum absolute atomic E-state index is 0.112. The molecule has 1 unspecified atom stereocenters. The Labute approximate surface area is 120 Å². The van der Waals surface area contributed by atoms with Gasteiger partial charge in [0.15, 0.2) is 0 Å². The van der Waals surface area contributed by atoms with Crippen molar-refractivity contribution in [1.29, 1.82) is 0 Å². The van der Waals surface area contributed by atoms with Crippen molar-refractivity contribution in [2.45, 2.75) is 44.8 Å². The van der Waals surface area contributed by atoms with E-state index in [0.29, 0.717) is 12.0 Å². The molecule has 0 fully saturated rings. The van der Waals surface area contributed by atoms with Crippen molar-refractivity contribution in [2.24, 2.45) is 0 Å². The highest BCUT2D eigenvalue weighted by Gasteiger charge is 2.37. The first-order valence-electron chi connectivity index (χ1n) is 6.67. The van der Waals surface area contributed by atoms with Crippen LogP contribution in [0.15, 0.2) is 18.2 Å². The molecule has 0 radical (unpaired) electrons. The lowest BCUT2D eigenvalue weighted by molar-refractivity contribution is -0.0125. The van der Waals surface area contributed by atoms with E-state index in [9.17, 15) is 9.50 Å². The van der Waals surface area contributed by atoms with Gasteiger partial charge >= 0.3 is 0 Å². The van der Waals surface area contributed by atoms with Crippen LogP contribution in [0, 0.1) is 5.82 Å². The van der Waals surface area contributed by atoms with Gasteiger partial charge in [-0.25, -0.2) is 4.39 Å². The first-order valence-corrected chi connectivity index (χ1v) is 7.05. The summed E-state index contributed by atoms with van der Waals surface area (Å²) < 4.78 is 13.4. The predicted molar refractivity (Wildman–Crippen MR) is 78.1 cm³/mol. The van der Waals surface area contributed by atoms with Gasteiger partial charge in [0.2, 0.25) is 0 Å². The molecule has 0 amide bonds. The molecule has 0 spiro atoms. The minimum Gasteiger partial charge on any atom is -0.391 e. The normalized spacial score (nSPS) is 13.9. The molecule has 1 atom stereocenters. The molecule has 19 heavy (non-hydrogen) atoms. The van der Waals surface area contributed by atoms with E-state index >= 15 is 0 Å². The summed E-state index contributed by atoms with van der Waals surface area (Å²) in [6.45, 7) is 4.11. The van der Waals surface area contributed by atoms with Crippen LogP contribution in [0.5, 0.6) is 0 Å². The summed E-state index contributed by atoms with van der Waals surface area (Å²) in [5.74, 6) is -0.435. The Morgan fingerprint density at radius 3 is 2.37 bits per heavy atom. The third-order valence-electron chi connectivity index (χ3n) is 4.18. The van der Waals surface area contributed by atoms with Crippen molar-refractivity contribution in [3.63, 3.8) is 0 Å². The van der Waals surface area contributed by atoms with Gasteiger partial charge in [-0.05, 0) is 38.6 Å². The van der Waals surface area contributed by atoms with Crippen LogP contribution < -0.4 is 0 Å². The van der Waals surface area contributed by atoms with Crippen LogP contribution in [0.1, 0.15) is 32.3 Å². The fraction of sp³-hybridized carbons (Fsp3) is 0.600. The van der Waals surface area contributed by atoms with Gasteiger partial charge in [-0.1, -0.05) is 37.6 Å². The van der Waals surface area contributed by atoms with E-state index in [2.05, 4.69) is 13.8 Å². The topological polar surface area (TPSA) is 23.5 Å². The van der Waals surface area contributed by atoms with Crippen LogP contribution in [0.4, 0.5) is 4.39 Å². The van der Waals surface area contributed by atoms with Gasteiger partial charge < -0.3 is 10.0 Å². The lowest BCUT2D eigenvalue weighted by Gasteiger charge is -2.42. The Morgan fingerprint density at radius 2 is 1.89 bits per heavy atom. The molecule has 4 heteroatoms. The number of likely N-dealkylation sites (N-methyl/N-ethyl adjacent to an activating group) is 1. The van der Waals surface area contributed by atoms with Gasteiger partial charge in [0.1, 0.15) is 5.82 Å². The Balaban J connectivity index is 3.00. The fourth-order valence-corrected chi connectivity index (χ4v) is 2.96. The maximum Gasteiger partial charge on any atom is 0.142 e. The van der Waals surface area contributed by atoms with Crippen molar-refractivity contribution < 1.29 is 9.50 Å². The summed E-state index contributed by atoms with van der Waals surface area (Å²) in [4.78, 5) is 2.05. The van der Waals surface area contributed by atoms with E-state index in [1.807, 2.05) is 19.0 Å². The summed E-state index contributed by atoms with van der Waals surface area (Å²) in [7, 11) is 3.92. The van der Waals surface area contributed by atoms with Crippen LogP contribution in [-0.2, 0) is 6.42 Å². The highest BCUT2D eigenvalue weighted by atomic mass is 35.5. The van der Waals surface area contributed by atoms with E-state index in [-0.39, 0.29) is 10.6 Å². The zero-order valence-electron chi connectivity index (χ0n) is 12.1. The number of aliphatic hydroxyl groups is 1. The second-order valence-corrected chi connectivity index (χ2v) is 5.52. The number of halogens is 2. The maximum atomic E-state index is 13.4. The van der Waals surface area contributed by atoms with Gasteiger partial charge in [0, 0.05) is 12.0 Å². The third kappa shape index (κ3) is 3.28. The minimum atomic E-state index is -0.586. The van der Waals surface area contributed by atoms with E-state index in [1.165, 1.54) is 6.07 Å². The fourth-order valence-electron chi connectivity index (χ4n) is 2.76. The summed E-state index contributed by atoms with van der Waals surface area (Å²) in [5, 5.41) is 10.7. The van der Waals surface area contributed by atoms with E-state index < -0.39 is 11.9 Å². The lowest BCUT2D eigenvalue weighted by Crippen LogP contribution is -2.53. The summed E-state index contributed by atoms with van der Waals surface area (Å²) in [6.07, 6.45) is 1.42. The Kier molecular flexibility index (Phi) is 5.78. The molecule has 1 aromatic carbocycles. The Bertz CT molecular complexity index is 419. The van der Waals surface area contributed by atoms with E-state index in [0.717, 1.165) is 12.8 Å². The lowest BCUT2D eigenvalue weighted by atomic mass is 9.82. The first kappa shape index (κ1) is 16.4. The van der Waals surface area contributed by atoms with Crippen LogP contribution >= 0.6 is 11.6 Å². The molecule has 1 N–H and O–H groups in total. The highest BCUT2D eigenvalue weighted by Crippen LogP contribution is 2.30. The molecule has 0 aliphatic carbocycles. The molecular weight excluding hydrogens is 265 g/mol. The number of aliphatic hydroxyl groups excluding tert-OH is 1. The van der Waals surface area contributed by atoms with Crippen LogP contribution in [0.3, 0.4) is 0 Å². The standard InChI is InChI=1S/C15H23ClFNO/c1-5-15(6-2,18(3)4)13(19)10-11-8-7-9-12(17)14(11)16/h7-9,13,19H,5-6,10H2,1-4H3. The van der Waals surface area contributed by atoms with Gasteiger partial charge in [-0.3, -0.25) is 0 Å². The molecule has 1 rings (SSSR count). The molecule has 0 aromatic heterocycles. The Hall–Kier alpha value is -0.640. The number of nitrogens with zero attached hydrogens (tertiary/aromatic N) is 1. The van der Waals surface area contributed by atoms with Crippen LogP contribution in [-0.4, -0.2) is 35.7 Å². The zero-order chi connectivity index (χ0) is 14.6. The van der Waals surface area contributed by atoms with Crippen molar-refractivity contribution in [1.82, 2.24) is 4.90 Å². The predicted octanol–water partition coefficient (Wildman–Crippen LogP) is 3.50. The summed E-state index contributed by atoms with van der Waals surface area (Å²) in [5.41, 5.74) is 0.345. The average molecular weight is 288 g/mol. The zero-order valence-corrected chi connectivity index (χ0v) is 12.8. The smallest absolute Gasteiger partial charge is 0.142 e. The van der Waals surface area contributed by atoms with E-state index in [4.69, 9.17) is 11.6 Å². The molecule has 0 saturated heterocycles. The van der Waals surface area contributed by atoms with Gasteiger partial charge in [-0.2, -0.15) is 0 Å². The van der Waals surface area contributed by atoms with Crippen molar-refractivity contribution >= 4 is 11.6 Å². The monoisotopic (exact) mass is 287 g/mol. The molecule has 0 aliphatic rings. The summed E-state index contributed by atoms with van der Waals surface area (Å²) >= 11 is 5.95. The van der Waals surface area contributed by atoms with E-state index in [1.54, 1.807) is 12.1 Å². The summed E-state index contributed by atoms with van der Waals surface area (Å²) in [6, 6.07) is 4.72. The second-order valence-electron chi connectivity index (χ2n) is 5.14. The van der Waals surface area contributed by atoms with Gasteiger partial charge in [0.25, 0.3) is 0 Å². The number of hydrogen-bond acceptors (Lipinski definition) is 2. The molecule has 0 aliphatic heterocycles. The largest absolute Gasteiger partial charge is 0.391 e. The van der Waals surface area contributed by atoms with Gasteiger partial charge in [-0.15, -0.1) is 0 Å². The van der Waals surface area contributed by atoms with Gasteiger partial charge in [0.05, 0.1) is 11.1 Å². The number of rotatable bonds is 6. The molecule has 2 nitrogen and oxygen atoms in total. The molecule has 0 saturated carbocycles. The number of benzene rings is 1. The average Bonchev–Trinajstić information content (AvgIpc) is 2.36. The number of hydrogen-bond donors (Lipinski definition) is 1. The first-order chi connectivity index (χ1) is 8.89. The van der Waals surface area contributed by atoms with Crippen molar-refractivity contribution in [2.75, 3.05) is 14.1 Å². The molecule has 0 heterocycles. The SMILES string of the molecule is CCC(CC)(C(O)Cc1cccc(F)c1Cl)N(C)C. The highest BCUT2D eigenvalue weighted by molar-refractivity contribution is 6.31. The second kappa shape index (κ2) is 6.69. The molecule has 108 valence electrons. The molecule has 0 bridgehead atoms. The molecular formula is C15H23ClFNO. The van der Waals surface area contributed by atoms with Crippen LogP contribution in [0.2, 0.25) is 5.02 Å². The van der Waals surface area contributed by atoms with Crippen LogP contribution in [0.25, 0.3) is 0 Å². The Morgan fingerprint density at radius 1 is 1.32 bits per heavy atom. The maximum absolute atomic E-state index is 13.4. The molecule has 1 aromatic rings. The third-order valence-corrected chi connectivity index (χ3v) is 4.60.